The molecule has 3 aliphatic carbocycles. The summed E-state index contributed by atoms with van der Waals surface area (Å²) in [5, 5.41) is 0. The Labute approximate surface area is 175 Å². The van der Waals surface area contributed by atoms with E-state index in [-0.39, 0.29) is 5.92 Å². The molecule has 0 radical (unpaired) electrons. The maximum atomic E-state index is 15.0. The topological polar surface area (TPSA) is 9.23 Å². The smallest absolute Gasteiger partial charge is 0.162 e. The molecule has 0 amide bonds. The van der Waals surface area contributed by atoms with Crippen molar-refractivity contribution in [1.82, 2.24) is 0 Å². The molecule has 2 fully saturated rings. The van der Waals surface area contributed by atoms with Crippen molar-refractivity contribution in [3.63, 3.8) is 0 Å². The number of hydrogen-bond donors (Lipinski definition) is 0. The molecular formula is C26H38F2O. The second-order valence-corrected chi connectivity index (χ2v) is 10.1. The number of benzene rings is 1. The van der Waals surface area contributed by atoms with Crippen LogP contribution in [0.1, 0.15) is 101 Å². The van der Waals surface area contributed by atoms with E-state index in [0.717, 1.165) is 50.7 Å². The molecule has 29 heavy (non-hydrogen) atoms. The number of unbranched alkanes of at least 4 members (excludes halogenated alkanes) is 2. The van der Waals surface area contributed by atoms with Crippen LogP contribution in [-0.2, 0) is 17.6 Å². The lowest BCUT2D eigenvalue weighted by molar-refractivity contribution is -0.0164. The van der Waals surface area contributed by atoms with Gasteiger partial charge in [-0.1, -0.05) is 32.8 Å². The van der Waals surface area contributed by atoms with Crippen molar-refractivity contribution in [3.05, 3.63) is 34.4 Å². The van der Waals surface area contributed by atoms with Crippen LogP contribution in [0.3, 0.4) is 0 Å². The Morgan fingerprint density at radius 1 is 0.966 bits per heavy atom. The Balaban J connectivity index is 1.39. The molecule has 0 bridgehead atoms. The molecule has 0 aliphatic heterocycles. The molecule has 3 heteroatoms. The Kier molecular flexibility index (Phi) is 6.94. The number of aryl methyl sites for hydroxylation is 1. The van der Waals surface area contributed by atoms with Gasteiger partial charge in [-0.15, -0.1) is 0 Å². The minimum absolute atomic E-state index is 0.192. The standard InChI is InChI=1S/C26H38F2O/c1-3-4-5-12-29-22-11-10-18-14-20(9-8-19(18)15-22)24-16-21-7-6-17(2)13-23(21)25(27)26(24)28/h16-20,22H,3-15H2,1-2H3. The molecule has 0 N–H and O–H groups in total. The third-order valence-electron chi connectivity index (χ3n) is 7.99. The molecule has 1 aromatic carbocycles. The first-order chi connectivity index (χ1) is 14.1. The first kappa shape index (κ1) is 21.3. The summed E-state index contributed by atoms with van der Waals surface area (Å²) in [6.07, 6.45) is 13.4. The maximum absolute atomic E-state index is 15.0. The van der Waals surface area contributed by atoms with E-state index in [2.05, 4.69) is 13.8 Å². The van der Waals surface area contributed by atoms with E-state index in [0.29, 0.717) is 41.4 Å². The molecule has 0 saturated heterocycles. The highest BCUT2D eigenvalue weighted by Gasteiger charge is 2.38. The molecule has 4 rings (SSSR count). The summed E-state index contributed by atoms with van der Waals surface area (Å²) in [5.74, 6) is 0.921. The van der Waals surface area contributed by atoms with E-state index >= 15 is 0 Å². The summed E-state index contributed by atoms with van der Waals surface area (Å²) in [6, 6.07) is 2.03. The van der Waals surface area contributed by atoms with Gasteiger partial charge in [0.2, 0.25) is 0 Å². The van der Waals surface area contributed by atoms with Gasteiger partial charge in [0.05, 0.1) is 6.10 Å². The molecule has 2 saturated carbocycles. The van der Waals surface area contributed by atoms with Crippen LogP contribution in [0.15, 0.2) is 6.07 Å². The average Bonchev–Trinajstić information content (AvgIpc) is 2.74. The van der Waals surface area contributed by atoms with Crippen LogP contribution in [-0.4, -0.2) is 12.7 Å². The minimum atomic E-state index is -0.547. The van der Waals surface area contributed by atoms with Gasteiger partial charge in [0.1, 0.15) is 0 Å². The fourth-order valence-corrected chi connectivity index (χ4v) is 6.21. The monoisotopic (exact) mass is 404 g/mol. The zero-order valence-corrected chi connectivity index (χ0v) is 18.3. The molecule has 1 nitrogen and oxygen atoms in total. The number of fused-ring (bicyclic) bond motifs is 2. The van der Waals surface area contributed by atoms with Gasteiger partial charge in [-0.25, -0.2) is 8.78 Å². The fraction of sp³-hybridized carbons (Fsp3) is 0.769. The maximum Gasteiger partial charge on any atom is 0.162 e. The van der Waals surface area contributed by atoms with Crippen LogP contribution in [0.25, 0.3) is 0 Å². The molecule has 0 spiro atoms. The van der Waals surface area contributed by atoms with Gasteiger partial charge in [-0.05, 0) is 105 Å². The van der Waals surface area contributed by atoms with Crippen LogP contribution in [0.4, 0.5) is 8.78 Å². The molecule has 0 aromatic heterocycles. The molecule has 5 unspecified atom stereocenters. The summed E-state index contributed by atoms with van der Waals surface area (Å²) in [7, 11) is 0. The van der Waals surface area contributed by atoms with Gasteiger partial charge in [0, 0.05) is 6.61 Å². The Bertz CT molecular complexity index is 700. The van der Waals surface area contributed by atoms with Crippen molar-refractivity contribution in [2.75, 3.05) is 6.61 Å². The Morgan fingerprint density at radius 2 is 1.76 bits per heavy atom. The first-order valence-corrected chi connectivity index (χ1v) is 12.2. The largest absolute Gasteiger partial charge is 0.378 e. The van der Waals surface area contributed by atoms with Crippen molar-refractivity contribution < 1.29 is 13.5 Å². The number of halogens is 2. The SMILES string of the molecule is CCCCCOC1CCC2CC(c3cc4c(c(F)c3F)CC(C)CC4)CCC2C1. The number of rotatable bonds is 6. The Hall–Kier alpha value is -0.960. The lowest BCUT2D eigenvalue weighted by Crippen LogP contribution is -2.34. The third-order valence-corrected chi connectivity index (χ3v) is 7.99. The van der Waals surface area contributed by atoms with Crippen LogP contribution in [0, 0.1) is 29.4 Å². The van der Waals surface area contributed by atoms with Crippen LogP contribution in [0.5, 0.6) is 0 Å². The number of ether oxygens (including phenoxy) is 1. The zero-order chi connectivity index (χ0) is 20.4. The van der Waals surface area contributed by atoms with Gasteiger partial charge in [0.25, 0.3) is 0 Å². The second kappa shape index (κ2) is 9.45. The van der Waals surface area contributed by atoms with Crippen LogP contribution in [0.2, 0.25) is 0 Å². The number of hydrogen-bond acceptors (Lipinski definition) is 1. The van der Waals surface area contributed by atoms with E-state index in [1.165, 1.54) is 32.1 Å². The molecule has 162 valence electrons. The van der Waals surface area contributed by atoms with Crippen molar-refractivity contribution in [2.45, 2.75) is 103 Å². The summed E-state index contributed by atoms with van der Waals surface area (Å²) >= 11 is 0. The van der Waals surface area contributed by atoms with Crippen LogP contribution < -0.4 is 0 Å². The molecule has 1 aromatic rings. The normalized spacial score (nSPS) is 31.9. The predicted molar refractivity (Wildman–Crippen MR) is 114 cm³/mol. The summed E-state index contributed by atoms with van der Waals surface area (Å²) in [4.78, 5) is 0. The molecule has 3 aliphatic rings. The Morgan fingerprint density at radius 3 is 2.59 bits per heavy atom. The second-order valence-electron chi connectivity index (χ2n) is 10.1. The van der Waals surface area contributed by atoms with Crippen molar-refractivity contribution in [1.29, 1.82) is 0 Å². The van der Waals surface area contributed by atoms with Crippen molar-refractivity contribution >= 4 is 0 Å². The lowest BCUT2D eigenvalue weighted by atomic mass is 9.65. The highest BCUT2D eigenvalue weighted by atomic mass is 19.2. The quantitative estimate of drug-likeness (QED) is 0.450. The summed E-state index contributed by atoms with van der Waals surface area (Å²) in [6.45, 7) is 5.26. The lowest BCUT2D eigenvalue weighted by Gasteiger charge is -2.42. The van der Waals surface area contributed by atoms with Gasteiger partial charge in [0.15, 0.2) is 11.6 Å². The predicted octanol–water partition coefficient (Wildman–Crippen LogP) is 7.35. The molecule has 5 atom stereocenters. The van der Waals surface area contributed by atoms with Gasteiger partial charge >= 0.3 is 0 Å². The summed E-state index contributed by atoms with van der Waals surface area (Å²) in [5.41, 5.74) is 2.40. The van der Waals surface area contributed by atoms with Gasteiger partial charge in [-0.3, -0.25) is 0 Å². The minimum Gasteiger partial charge on any atom is -0.378 e. The highest BCUT2D eigenvalue weighted by Crippen LogP contribution is 2.48. The fourth-order valence-electron chi connectivity index (χ4n) is 6.21. The van der Waals surface area contributed by atoms with E-state index in [9.17, 15) is 8.78 Å². The van der Waals surface area contributed by atoms with E-state index in [1.807, 2.05) is 6.07 Å². The van der Waals surface area contributed by atoms with Gasteiger partial charge in [-0.2, -0.15) is 0 Å². The summed E-state index contributed by atoms with van der Waals surface area (Å²) < 4.78 is 36.0. The van der Waals surface area contributed by atoms with E-state index in [1.54, 1.807) is 0 Å². The molecule has 0 heterocycles. The first-order valence-electron chi connectivity index (χ1n) is 12.2. The van der Waals surface area contributed by atoms with Crippen molar-refractivity contribution in [2.24, 2.45) is 17.8 Å². The van der Waals surface area contributed by atoms with Crippen molar-refractivity contribution in [3.8, 4) is 0 Å². The average molecular weight is 405 g/mol. The highest BCUT2D eigenvalue weighted by molar-refractivity contribution is 5.38. The third kappa shape index (κ3) is 4.70. The van der Waals surface area contributed by atoms with E-state index in [4.69, 9.17) is 4.74 Å². The molecular weight excluding hydrogens is 366 g/mol. The van der Waals surface area contributed by atoms with Gasteiger partial charge < -0.3 is 4.74 Å². The van der Waals surface area contributed by atoms with Crippen LogP contribution >= 0.6 is 0 Å². The zero-order valence-electron chi connectivity index (χ0n) is 18.3. The van der Waals surface area contributed by atoms with E-state index < -0.39 is 11.6 Å².